The van der Waals surface area contributed by atoms with Gasteiger partial charge in [-0.3, -0.25) is 4.79 Å². The summed E-state index contributed by atoms with van der Waals surface area (Å²) >= 11 is 0. The van der Waals surface area contributed by atoms with E-state index in [0.717, 1.165) is 38.2 Å². The van der Waals surface area contributed by atoms with Crippen LogP contribution in [0.15, 0.2) is 24.3 Å². The largest absolute Gasteiger partial charge is 0.416 e. The highest BCUT2D eigenvalue weighted by Gasteiger charge is 2.50. The summed E-state index contributed by atoms with van der Waals surface area (Å²) in [6.07, 6.45) is 0.483. The van der Waals surface area contributed by atoms with Gasteiger partial charge < -0.3 is 11.1 Å². The Morgan fingerprint density at radius 3 is 2.56 bits per heavy atom. The van der Waals surface area contributed by atoms with E-state index < -0.39 is 11.7 Å². The van der Waals surface area contributed by atoms with Crippen molar-refractivity contribution in [1.29, 1.82) is 0 Å². The molecule has 3 aliphatic rings. The van der Waals surface area contributed by atoms with Crippen LogP contribution in [0, 0.1) is 17.8 Å². The first-order valence-electron chi connectivity index (χ1n) is 9.01. The molecule has 1 amide bonds. The van der Waals surface area contributed by atoms with Gasteiger partial charge in [-0.05, 0) is 55.6 Å². The quantitative estimate of drug-likeness (QED) is 0.874. The van der Waals surface area contributed by atoms with E-state index in [0.29, 0.717) is 23.9 Å². The zero-order valence-electron chi connectivity index (χ0n) is 14.0. The molecular formula is C19H23F3N2O. The van der Waals surface area contributed by atoms with Gasteiger partial charge in [0.2, 0.25) is 5.91 Å². The van der Waals surface area contributed by atoms with Crippen molar-refractivity contribution >= 4 is 5.91 Å². The third kappa shape index (κ3) is 2.94. The lowest BCUT2D eigenvalue weighted by Gasteiger charge is -2.28. The molecule has 0 aliphatic heterocycles. The molecular weight excluding hydrogens is 329 g/mol. The molecule has 0 radical (unpaired) electrons. The van der Waals surface area contributed by atoms with Gasteiger partial charge in [0.15, 0.2) is 0 Å². The number of nitrogens with one attached hydrogen (secondary N) is 1. The first-order valence-corrected chi connectivity index (χ1v) is 9.01. The van der Waals surface area contributed by atoms with Crippen LogP contribution in [-0.4, -0.2) is 18.5 Å². The van der Waals surface area contributed by atoms with E-state index in [1.807, 2.05) is 0 Å². The smallest absolute Gasteiger partial charge is 0.355 e. The molecule has 25 heavy (non-hydrogen) atoms. The minimum absolute atomic E-state index is 0.0158. The maximum Gasteiger partial charge on any atom is 0.416 e. The van der Waals surface area contributed by atoms with Crippen molar-refractivity contribution in [2.75, 3.05) is 6.54 Å². The second-order valence-electron chi connectivity index (χ2n) is 8.01. The monoisotopic (exact) mass is 352 g/mol. The Labute approximate surface area is 145 Å². The van der Waals surface area contributed by atoms with Crippen LogP contribution in [0.2, 0.25) is 0 Å². The Balaban J connectivity index is 1.44. The number of carbonyl (C=O) groups excluding carboxylic acids is 1. The normalized spacial score (nSPS) is 32.6. The van der Waals surface area contributed by atoms with Crippen molar-refractivity contribution in [1.82, 2.24) is 5.32 Å². The zero-order chi connectivity index (χ0) is 17.8. The number of fused-ring (bicyclic) bond motifs is 2. The second-order valence-corrected chi connectivity index (χ2v) is 8.01. The van der Waals surface area contributed by atoms with Gasteiger partial charge in [0.1, 0.15) is 0 Å². The van der Waals surface area contributed by atoms with E-state index in [1.54, 1.807) is 6.07 Å². The highest BCUT2D eigenvalue weighted by molar-refractivity contribution is 5.80. The Morgan fingerprint density at radius 2 is 1.96 bits per heavy atom. The minimum atomic E-state index is -4.34. The minimum Gasteiger partial charge on any atom is -0.355 e. The number of nitrogens with two attached hydrogens (primary N) is 1. The van der Waals surface area contributed by atoms with E-state index in [2.05, 4.69) is 5.32 Å². The van der Waals surface area contributed by atoms with Crippen molar-refractivity contribution in [3.05, 3.63) is 35.4 Å². The topological polar surface area (TPSA) is 55.1 Å². The third-order valence-electron chi connectivity index (χ3n) is 6.54. The standard InChI is InChI=1S/C19H23F3N2O/c20-19(21,22)14-3-1-2-13(9-14)18(6-7-18)10-24-17(25)15-11-4-5-12(8-11)16(15)23/h1-3,9,11-12,15-16H,4-8,10,23H2,(H,24,25). The fourth-order valence-electron chi connectivity index (χ4n) is 4.84. The van der Waals surface area contributed by atoms with Gasteiger partial charge in [0, 0.05) is 18.0 Å². The molecule has 4 atom stereocenters. The van der Waals surface area contributed by atoms with Gasteiger partial charge in [-0.25, -0.2) is 0 Å². The predicted molar refractivity (Wildman–Crippen MR) is 87.7 cm³/mol. The summed E-state index contributed by atoms with van der Waals surface area (Å²) in [6.45, 7) is 0.397. The molecule has 3 nitrogen and oxygen atoms in total. The Hall–Kier alpha value is -1.56. The molecule has 1 aromatic rings. The van der Waals surface area contributed by atoms with Crippen LogP contribution in [0.4, 0.5) is 13.2 Å². The summed E-state index contributed by atoms with van der Waals surface area (Å²) in [4.78, 5) is 12.6. The first-order chi connectivity index (χ1) is 11.8. The molecule has 4 unspecified atom stereocenters. The average Bonchev–Trinajstić information content (AvgIpc) is 3.11. The van der Waals surface area contributed by atoms with Gasteiger partial charge >= 0.3 is 6.18 Å². The van der Waals surface area contributed by atoms with Crippen LogP contribution in [-0.2, 0) is 16.4 Å². The average molecular weight is 352 g/mol. The van der Waals surface area contributed by atoms with Crippen molar-refractivity contribution in [2.24, 2.45) is 23.5 Å². The van der Waals surface area contributed by atoms with E-state index in [1.165, 1.54) is 12.1 Å². The summed E-state index contributed by atoms with van der Waals surface area (Å²) in [5.74, 6) is 0.692. The van der Waals surface area contributed by atoms with Crippen LogP contribution in [0.1, 0.15) is 43.2 Å². The number of rotatable bonds is 4. The van der Waals surface area contributed by atoms with Gasteiger partial charge in [-0.15, -0.1) is 0 Å². The molecule has 1 aromatic carbocycles. The summed E-state index contributed by atoms with van der Waals surface area (Å²) in [5, 5.41) is 3.00. The summed E-state index contributed by atoms with van der Waals surface area (Å²) in [7, 11) is 0. The number of benzene rings is 1. The van der Waals surface area contributed by atoms with Crippen LogP contribution in [0.3, 0.4) is 0 Å². The fraction of sp³-hybridized carbons (Fsp3) is 0.632. The molecule has 0 aromatic heterocycles. The summed E-state index contributed by atoms with van der Waals surface area (Å²) in [5.41, 5.74) is 5.90. The van der Waals surface area contributed by atoms with E-state index >= 15 is 0 Å². The van der Waals surface area contributed by atoms with E-state index in [9.17, 15) is 18.0 Å². The lowest BCUT2D eigenvalue weighted by molar-refractivity contribution is -0.137. The number of carbonyl (C=O) groups is 1. The molecule has 0 heterocycles. The van der Waals surface area contributed by atoms with Gasteiger partial charge in [-0.2, -0.15) is 13.2 Å². The lowest BCUT2D eigenvalue weighted by Crippen LogP contribution is -2.46. The van der Waals surface area contributed by atoms with Gasteiger partial charge in [0.05, 0.1) is 11.5 Å². The molecule has 2 bridgehead atoms. The second kappa shape index (κ2) is 5.73. The Bertz CT molecular complexity index is 681. The van der Waals surface area contributed by atoms with Crippen LogP contribution >= 0.6 is 0 Å². The Kier molecular flexibility index (Phi) is 3.87. The maximum absolute atomic E-state index is 12.9. The molecule has 0 saturated heterocycles. The molecule has 3 saturated carbocycles. The number of hydrogen-bond donors (Lipinski definition) is 2. The maximum atomic E-state index is 12.9. The Morgan fingerprint density at radius 1 is 1.24 bits per heavy atom. The van der Waals surface area contributed by atoms with Gasteiger partial charge in [-0.1, -0.05) is 18.2 Å². The predicted octanol–water partition coefficient (Wildman–Crippen LogP) is 3.23. The third-order valence-corrected chi connectivity index (χ3v) is 6.54. The number of alkyl halides is 3. The molecule has 6 heteroatoms. The van der Waals surface area contributed by atoms with Crippen molar-refractivity contribution in [2.45, 2.75) is 49.7 Å². The molecule has 136 valence electrons. The molecule has 3 aliphatic carbocycles. The van der Waals surface area contributed by atoms with Crippen LogP contribution in [0.25, 0.3) is 0 Å². The van der Waals surface area contributed by atoms with Gasteiger partial charge in [0.25, 0.3) is 0 Å². The molecule has 0 spiro atoms. The highest BCUT2D eigenvalue weighted by Crippen LogP contribution is 2.50. The van der Waals surface area contributed by atoms with Crippen LogP contribution < -0.4 is 11.1 Å². The molecule has 3 fully saturated rings. The number of amides is 1. The summed E-state index contributed by atoms with van der Waals surface area (Å²) in [6, 6.07) is 5.43. The lowest BCUT2D eigenvalue weighted by atomic mass is 9.84. The van der Waals surface area contributed by atoms with E-state index in [-0.39, 0.29) is 23.3 Å². The van der Waals surface area contributed by atoms with Crippen molar-refractivity contribution < 1.29 is 18.0 Å². The van der Waals surface area contributed by atoms with Crippen molar-refractivity contribution in [3.8, 4) is 0 Å². The fourth-order valence-corrected chi connectivity index (χ4v) is 4.84. The number of halogens is 3. The van der Waals surface area contributed by atoms with Crippen molar-refractivity contribution in [3.63, 3.8) is 0 Å². The summed E-state index contributed by atoms with van der Waals surface area (Å²) < 4.78 is 38.8. The zero-order valence-corrected chi connectivity index (χ0v) is 14.0. The first kappa shape index (κ1) is 16.9. The highest BCUT2D eigenvalue weighted by atomic mass is 19.4. The van der Waals surface area contributed by atoms with Crippen LogP contribution in [0.5, 0.6) is 0 Å². The number of hydrogen-bond acceptors (Lipinski definition) is 2. The molecule has 3 N–H and O–H groups in total. The molecule has 4 rings (SSSR count). The van der Waals surface area contributed by atoms with E-state index in [4.69, 9.17) is 5.73 Å². The SMILES string of the molecule is NC1C2CCC(C2)C1C(=O)NCC1(c2cccc(C(F)(F)F)c2)CC1.